The molecule has 1 saturated heterocycles. The first kappa shape index (κ1) is 20.7. The molecular weight excluding hydrogens is 361 g/mol. The first-order chi connectivity index (χ1) is 10.6. The summed E-state index contributed by atoms with van der Waals surface area (Å²) in [5.74, 6) is 0.00127. The van der Waals surface area contributed by atoms with Crippen molar-refractivity contribution in [1.29, 1.82) is 0 Å². The lowest BCUT2D eigenvalue weighted by Crippen LogP contribution is -2.57. The van der Waals surface area contributed by atoms with Crippen LogP contribution >= 0.6 is 12.4 Å². The van der Waals surface area contributed by atoms with Crippen LogP contribution in [0.5, 0.6) is 5.75 Å². The van der Waals surface area contributed by atoms with Gasteiger partial charge in [-0.05, 0) is 13.0 Å². The highest BCUT2D eigenvalue weighted by atomic mass is 35.5. The van der Waals surface area contributed by atoms with E-state index in [9.17, 15) is 22.0 Å². The third-order valence-corrected chi connectivity index (χ3v) is 3.38. The first-order valence-corrected chi connectivity index (χ1v) is 6.76. The second-order valence-corrected chi connectivity index (χ2v) is 5.10. The van der Waals surface area contributed by atoms with E-state index in [1.165, 1.54) is 14.0 Å². The molecule has 1 aliphatic heterocycles. The Hall–Kier alpha value is -1.39. The van der Waals surface area contributed by atoms with Gasteiger partial charge in [0, 0.05) is 12.7 Å². The molecule has 0 spiro atoms. The number of hydrogen-bond donors (Lipinski definition) is 2. The molecule has 24 heavy (non-hydrogen) atoms. The highest BCUT2D eigenvalue weighted by Crippen LogP contribution is 2.33. The summed E-state index contributed by atoms with van der Waals surface area (Å²) in [6.07, 6.45) is -7.88. The van der Waals surface area contributed by atoms with Crippen LogP contribution in [-0.2, 0) is 10.9 Å². The SMILES string of the molecule is COc1cc(C(F)(F)F)cnc1NC[C@H]1NCC(F)(F)O[C@H]1C.Cl. The molecule has 138 valence electrons. The number of halogens is 6. The number of pyridine rings is 1. The van der Waals surface area contributed by atoms with E-state index >= 15 is 0 Å². The molecule has 0 saturated carbocycles. The van der Waals surface area contributed by atoms with Crippen LogP contribution in [0.2, 0.25) is 0 Å². The summed E-state index contributed by atoms with van der Waals surface area (Å²) in [5.41, 5.74) is -0.938. The van der Waals surface area contributed by atoms with Crippen LogP contribution in [0.1, 0.15) is 12.5 Å². The van der Waals surface area contributed by atoms with E-state index < -0.39 is 36.5 Å². The summed E-state index contributed by atoms with van der Waals surface area (Å²) < 4.78 is 73.4. The van der Waals surface area contributed by atoms with E-state index in [-0.39, 0.29) is 30.5 Å². The number of ether oxygens (including phenoxy) is 2. The van der Waals surface area contributed by atoms with Crippen LogP contribution in [0, 0.1) is 0 Å². The molecular formula is C13H17ClF5N3O2. The predicted molar refractivity (Wildman–Crippen MR) is 78.8 cm³/mol. The maximum Gasteiger partial charge on any atom is 0.418 e. The lowest BCUT2D eigenvalue weighted by atomic mass is 10.1. The summed E-state index contributed by atoms with van der Waals surface area (Å²) in [5, 5.41) is 5.40. The Morgan fingerprint density at radius 1 is 1.46 bits per heavy atom. The van der Waals surface area contributed by atoms with Gasteiger partial charge in [-0.3, -0.25) is 0 Å². The number of nitrogens with zero attached hydrogens (tertiary/aromatic N) is 1. The summed E-state index contributed by atoms with van der Waals surface area (Å²) in [6.45, 7) is 0.969. The van der Waals surface area contributed by atoms with Crippen LogP contribution in [0.15, 0.2) is 12.3 Å². The van der Waals surface area contributed by atoms with Crippen LogP contribution in [0.4, 0.5) is 27.8 Å². The molecule has 2 rings (SSSR count). The molecule has 0 aliphatic carbocycles. The average Bonchev–Trinajstić information content (AvgIpc) is 2.44. The molecule has 2 atom stereocenters. The van der Waals surface area contributed by atoms with Crippen molar-refractivity contribution < 1.29 is 31.4 Å². The molecule has 0 unspecified atom stereocenters. The minimum atomic E-state index is -4.53. The number of hydrogen-bond acceptors (Lipinski definition) is 5. The number of nitrogens with one attached hydrogen (secondary N) is 2. The van der Waals surface area contributed by atoms with Gasteiger partial charge in [0.25, 0.3) is 0 Å². The van der Waals surface area contributed by atoms with Crippen molar-refractivity contribution in [3.05, 3.63) is 17.8 Å². The Bertz CT molecular complexity index is 559. The number of aromatic nitrogens is 1. The quantitative estimate of drug-likeness (QED) is 0.790. The number of morpholine rings is 1. The van der Waals surface area contributed by atoms with Gasteiger partial charge in [-0.15, -0.1) is 12.4 Å². The fourth-order valence-corrected chi connectivity index (χ4v) is 2.14. The van der Waals surface area contributed by atoms with Crippen LogP contribution in [0.3, 0.4) is 0 Å². The monoisotopic (exact) mass is 377 g/mol. The summed E-state index contributed by atoms with van der Waals surface area (Å²) >= 11 is 0. The molecule has 1 aliphatic rings. The van der Waals surface area contributed by atoms with Crippen molar-refractivity contribution in [1.82, 2.24) is 10.3 Å². The number of methoxy groups -OCH3 is 1. The topological polar surface area (TPSA) is 55.4 Å². The van der Waals surface area contributed by atoms with Crippen molar-refractivity contribution in [2.75, 3.05) is 25.5 Å². The van der Waals surface area contributed by atoms with Gasteiger partial charge in [-0.1, -0.05) is 0 Å². The summed E-state index contributed by atoms with van der Waals surface area (Å²) in [6, 6.07) is 0.362. The molecule has 2 heterocycles. The molecule has 11 heteroatoms. The summed E-state index contributed by atoms with van der Waals surface area (Å²) in [4.78, 5) is 3.68. The van der Waals surface area contributed by atoms with Crippen molar-refractivity contribution in [2.45, 2.75) is 31.4 Å². The molecule has 1 aromatic rings. The third kappa shape index (κ3) is 5.05. The Morgan fingerprint density at radius 2 is 2.12 bits per heavy atom. The van der Waals surface area contributed by atoms with E-state index in [4.69, 9.17) is 4.74 Å². The zero-order valence-electron chi connectivity index (χ0n) is 12.8. The maximum absolute atomic E-state index is 13.0. The van der Waals surface area contributed by atoms with E-state index in [1.807, 2.05) is 0 Å². The molecule has 1 fully saturated rings. The van der Waals surface area contributed by atoms with Crippen LogP contribution in [-0.4, -0.2) is 43.4 Å². The van der Waals surface area contributed by atoms with Crippen molar-refractivity contribution in [3.63, 3.8) is 0 Å². The Kier molecular flexibility index (Phi) is 6.59. The third-order valence-electron chi connectivity index (χ3n) is 3.38. The Balaban J connectivity index is 0.00000288. The second-order valence-electron chi connectivity index (χ2n) is 5.10. The van der Waals surface area contributed by atoms with Gasteiger partial charge >= 0.3 is 12.3 Å². The number of rotatable bonds is 4. The second kappa shape index (κ2) is 7.66. The van der Waals surface area contributed by atoms with Gasteiger partial charge in [0.15, 0.2) is 11.6 Å². The van der Waals surface area contributed by atoms with E-state index in [1.54, 1.807) is 0 Å². The number of anilines is 1. The van der Waals surface area contributed by atoms with E-state index in [2.05, 4.69) is 20.4 Å². The van der Waals surface area contributed by atoms with Crippen molar-refractivity contribution in [2.24, 2.45) is 0 Å². The smallest absolute Gasteiger partial charge is 0.418 e. The van der Waals surface area contributed by atoms with Gasteiger partial charge in [-0.2, -0.15) is 22.0 Å². The minimum Gasteiger partial charge on any atom is -0.493 e. The molecule has 0 radical (unpaired) electrons. The van der Waals surface area contributed by atoms with Crippen molar-refractivity contribution in [3.8, 4) is 5.75 Å². The Labute approximate surface area is 141 Å². The van der Waals surface area contributed by atoms with E-state index in [0.29, 0.717) is 6.20 Å². The van der Waals surface area contributed by atoms with E-state index in [0.717, 1.165) is 6.07 Å². The summed E-state index contributed by atoms with van der Waals surface area (Å²) in [7, 11) is 1.22. The lowest BCUT2D eigenvalue weighted by Gasteiger charge is -2.35. The van der Waals surface area contributed by atoms with Gasteiger partial charge in [0.1, 0.15) is 0 Å². The largest absolute Gasteiger partial charge is 0.493 e. The zero-order valence-corrected chi connectivity index (χ0v) is 13.6. The number of alkyl halides is 5. The highest BCUT2D eigenvalue weighted by Gasteiger charge is 2.40. The molecule has 1 aromatic heterocycles. The highest BCUT2D eigenvalue weighted by molar-refractivity contribution is 5.85. The molecule has 2 N–H and O–H groups in total. The van der Waals surface area contributed by atoms with Crippen LogP contribution < -0.4 is 15.4 Å². The van der Waals surface area contributed by atoms with Gasteiger partial charge in [-0.25, -0.2) is 4.98 Å². The zero-order chi connectivity index (χ0) is 17.3. The molecule has 0 amide bonds. The minimum absolute atomic E-state index is 0. The normalized spacial score (nSPS) is 23.3. The lowest BCUT2D eigenvalue weighted by molar-refractivity contribution is -0.278. The van der Waals surface area contributed by atoms with Crippen molar-refractivity contribution >= 4 is 18.2 Å². The molecule has 5 nitrogen and oxygen atoms in total. The molecule has 0 aromatic carbocycles. The average molecular weight is 378 g/mol. The van der Waals surface area contributed by atoms with Gasteiger partial charge in [0.2, 0.25) is 0 Å². The van der Waals surface area contributed by atoms with Crippen LogP contribution in [0.25, 0.3) is 0 Å². The maximum atomic E-state index is 13.0. The van der Waals surface area contributed by atoms with Gasteiger partial charge in [0.05, 0.1) is 31.4 Å². The molecule has 0 bridgehead atoms. The fourth-order valence-electron chi connectivity index (χ4n) is 2.14. The predicted octanol–water partition coefficient (Wildman–Crippen LogP) is 2.91. The standard InChI is InChI=1S/C13H16F5N3O2.ClH/c1-7-9(21-6-12(14,15)23-7)5-20-11-10(22-2)3-8(4-19-11)13(16,17)18;/h3-4,7,9,21H,5-6H2,1-2H3,(H,19,20);1H/t7-,9+;/m0./s1. The fraction of sp³-hybridized carbons (Fsp3) is 0.615. The Morgan fingerprint density at radius 3 is 2.67 bits per heavy atom. The van der Waals surface area contributed by atoms with Gasteiger partial charge < -0.3 is 20.1 Å². The first-order valence-electron chi connectivity index (χ1n) is 6.76.